The number of aromatic nitrogens is 2. The van der Waals surface area contributed by atoms with Crippen LogP contribution in [0.5, 0.6) is 0 Å². The fraction of sp³-hybridized carbons (Fsp3) is 0. The second kappa shape index (κ2) is 2.25. The van der Waals surface area contributed by atoms with E-state index in [1.807, 2.05) is 0 Å². The standard InChI is InChI=1S/C4H3N2.Sn/c1-2-6-4-3-5-1;/h1-3H;. The van der Waals surface area contributed by atoms with Gasteiger partial charge in [-0.2, -0.15) is 0 Å². The van der Waals surface area contributed by atoms with Crippen LogP contribution in [0.15, 0.2) is 18.6 Å². The van der Waals surface area contributed by atoms with Crippen molar-refractivity contribution in [1.82, 2.24) is 9.97 Å². The molecular formula is C4H3N2Sn. The van der Waals surface area contributed by atoms with Gasteiger partial charge in [-0.25, -0.2) is 0 Å². The minimum atomic E-state index is 1.05. The molecule has 0 atom stereocenters. The molecule has 0 saturated heterocycles. The van der Waals surface area contributed by atoms with Gasteiger partial charge in [0.25, 0.3) is 0 Å². The van der Waals surface area contributed by atoms with Crippen LogP contribution in [0.1, 0.15) is 0 Å². The molecule has 0 amide bonds. The Morgan fingerprint density at radius 1 is 1.43 bits per heavy atom. The summed E-state index contributed by atoms with van der Waals surface area (Å²) in [7, 11) is 0. The van der Waals surface area contributed by atoms with E-state index in [0.717, 1.165) is 3.71 Å². The van der Waals surface area contributed by atoms with E-state index in [2.05, 4.69) is 9.97 Å². The molecule has 0 fully saturated rings. The van der Waals surface area contributed by atoms with Gasteiger partial charge in [0.15, 0.2) is 0 Å². The zero-order valence-corrected chi connectivity index (χ0v) is 6.48. The third kappa shape index (κ3) is 1.42. The first-order valence-electron chi connectivity index (χ1n) is 1.87. The van der Waals surface area contributed by atoms with Crippen LogP contribution in [0.3, 0.4) is 0 Å². The number of rotatable bonds is 0. The van der Waals surface area contributed by atoms with Crippen LogP contribution in [-0.4, -0.2) is 32.5 Å². The summed E-state index contributed by atoms with van der Waals surface area (Å²) in [6, 6.07) is 0. The molecule has 1 aromatic heterocycles. The van der Waals surface area contributed by atoms with Crippen LogP contribution < -0.4 is 3.71 Å². The van der Waals surface area contributed by atoms with Crippen LogP contribution in [0.4, 0.5) is 0 Å². The zero-order chi connectivity index (χ0) is 5.11. The van der Waals surface area contributed by atoms with Gasteiger partial charge in [0, 0.05) is 0 Å². The predicted molar refractivity (Wildman–Crippen MR) is 27.4 cm³/mol. The van der Waals surface area contributed by atoms with Crippen molar-refractivity contribution in [3.8, 4) is 0 Å². The van der Waals surface area contributed by atoms with E-state index in [9.17, 15) is 0 Å². The molecule has 0 saturated carbocycles. The molecule has 0 N–H and O–H groups in total. The molecule has 0 spiro atoms. The molecule has 0 aliphatic rings. The Morgan fingerprint density at radius 3 is 2.57 bits per heavy atom. The monoisotopic (exact) mass is 199 g/mol. The summed E-state index contributed by atoms with van der Waals surface area (Å²) in [4.78, 5) is 7.80. The average molecular weight is 198 g/mol. The van der Waals surface area contributed by atoms with Crippen molar-refractivity contribution in [3.63, 3.8) is 0 Å². The van der Waals surface area contributed by atoms with Crippen molar-refractivity contribution in [2.24, 2.45) is 0 Å². The normalized spacial score (nSPS) is 8.71. The van der Waals surface area contributed by atoms with Crippen LogP contribution in [0.2, 0.25) is 0 Å². The topological polar surface area (TPSA) is 25.8 Å². The predicted octanol–water partition coefficient (Wildman–Crippen LogP) is -0.730. The molecular weight excluding hydrogens is 195 g/mol. The molecule has 0 unspecified atom stereocenters. The molecule has 3 radical (unpaired) electrons. The zero-order valence-electron chi connectivity index (χ0n) is 3.63. The Morgan fingerprint density at radius 2 is 2.29 bits per heavy atom. The van der Waals surface area contributed by atoms with Crippen LogP contribution in [0, 0.1) is 0 Å². The molecule has 2 nitrogen and oxygen atoms in total. The second-order valence-corrected chi connectivity index (χ2v) is 2.55. The molecule has 3 heteroatoms. The van der Waals surface area contributed by atoms with Gasteiger partial charge in [-0.1, -0.05) is 0 Å². The van der Waals surface area contributed by atoms with Gasteiger partial charge >= 0.3 is 54.8 Å². The molecule has 1 rings (SSSR count). The molecule has 1 aromatic rings. The summed E-state index contributed by atoms with van der Waals surface area (Å²) in [5.41, 5.74) is 0. The van der Waals surface area contributed by atoms with Crippen molar-refractivity contribution < 1.29 is 0 Å². The SMILES string of the molecule is [Sn][c]1cnccn1. The minimum absolute atomic E-state index is 1.05. The Bertz CT molecular complexity index is 140. The van der Waals surface area contributed by atoms with E-state index in [4.69, 9.17) is 0 Å². The van der Waals surface area contributed by atoms with Crippen molar-refractivity contribution in [1.29, 1.82) is 0 Å². The van der Waals surface area contributed by atoms with Gasteiger partial charge in [0.1, 0.15) is 0 Å². The van der Waals surface area contributed by atoms with Gasteiger partial charge in [-0.15, -0.1) is 0 Å². The van der Waals surface area contributed by atoms with E-state index in [0.29, 0.717) is 0 Å². The summed E-state index contributed by atoms with van der Waals surface area (Å²) < 4.78 is 1.05. The van der Waals surface area contributed by atoms with E-state index >= 15 is 0 Å². The maximum absolute atomic E-state index is 3.96. The number of hydrogen-bond donors (Lipinski definition) is 0. The summed E-state index contributed by atoms with van der Waals surface area (Å²) in [6.45, 7) is 0. The molecule has 0 aliphatic heterocycles. The fourth-order valence-electron chi connectivity index (χ4n) is 0.299. The Balaban J connectivity index is 3.02. The van der Waals surface area contributed by atoms with Gasteiger partial charge in [-0.3, -0.25) is 0 Å². The van der Waals surface area contributed by atoms with Gasteiger partial charge in [-0.05, 0) is 0 Å². The van der Waals surface area contributed by atoms with Gasteiger partial charge < -0.3 is 0 Å². The molecule has 0 bridgehead atoms. The fourth-order valence-corrected chi connectivity index (χ4v) is 0.725. The summed E-state index contributed by atoms with van der Waals surface area (Å²) in [5, 5.41) is 0. The van der Waals surface area contributed by atoms with E-state index < -0.39 is 0 Å². The molecule has 0 aromatic carbocycles. The Hall–Kier alpha value is -0.121. The van der Waals surface area contributed by atoms with Crippen LogP contribution in [0.25, 0.3) is 0 Å². The third-order valence-electron chi connectivity index (χ3n) is 0.563. The Kier molecular flexibility index (Phi) is 1.62. The van der Waals surface area contributed by atoms with Crippen molar-refractivity contribution in [2.45, 2.75) is 0 Å². The second-order valence-electron chi connectivity index (χ2n) is 1.09. The van der Waals surface area contributed by atoms with Gasteiger partial charge in [0.2, 0.25) is 0 Å². The van der Waals surface area contributed by atoms with E-state index in [1.54, 1.807) is 18.6 Å². The van der Waals surface area contributed by atoms with Crippen molar-refractivity contribution >= 4 is 26.2 Å². The average Bonchev–Trinajstić information content (AvgIpc) is 1.69. The molecule has 1 heterocycles. The van der Waals surface area contributed by atoms with Crippen LogP contribution in [-0.2, 0) is 0 Å². The quantitative estimate of drug-likeness (QED) is 0.513. The third-order valence-corrected chi connectivity index (χ3v) is 1.30. The van der Waals surface area contributed by atoms with E-state index in [-0.39, 0.29) is 0 Å². The first kappa shape index (κ1) is 5.02. The van der Waals surface area contributed by atoms with E-state index in [1.165, 1.54) is 22.5 Å². The first-order chi connectivity index (χ1) is 3.39. The number of nitrogens with zero attached hydrogens (tertiary/aromatic N) is 2. The van der Waals surface area contributed by atoms with Crippen molar-refractivity contribution in [3.05, 3.63) is 18.6 Å². The Labute approximate surface area is 55.1 Å². The first-order valence-corrected chi connectivity index (χ1v) is 3.30. The summed E-state index contributed by atoms with van der Waals surface area (Å²) in [5.74, 6) is 0. The van der Waals surface area contributed by atoms with Gasteiger partial charge in [0.05, 0.1) is 0 Å². The molecule has 0 aliphatic carbocycles. The van der Waals surface area contributed by atoms with Crippen molar-refractivity contribution in [2.75, 3.05) is 0 Å². The molecule has 7 heavy (non-hydrogen) atoms. The summed E-state index contributed by atoms with van der Waals surface area (Å²) >= 11 is 1.32. The maximum atomic E-state index is 3.96. The summed E-state index contributed by atoms with van der Waals surface area (Å²) in [6.07, 6.45) is 5.13. The van der Waals surface area contributed by atoms with Crippen LogP contribution >= 0.6 is 0 Å². The molecule has 33 valence electrons. The number of hydrogen-bond acceptors (Lipinski definition) is 2.